The zero-order valence-electron chi connectivity index (χ0n) is 13.4. The molecule has 1 aromatic heterocycles. The number of carbonyl (C=O) groups excluding carboxylic acids is 2. The van der Waals surface area contributed by atoms with E-state index in [1.807, 2.05) is 6.07 Å². The first-order chi connectivity index (χ1) is 11.7. The molecule has 0 fully saturated rings. The Balaban J connectivity index is 2.01. The fourth-order valence-electron chi connectivity index (χ4n) is 1.91. The van der Waals surface area contributed by atoms with Crippen LogP contribution in [-0.2, 0) is 19.4 Å². The molecule has 1 aromatic carbocycles. The summed E-state index contributed by atoms with van der Waals surface area (Å²) < 4.78 is 27.7. The van der Waals surface area contributed by atoms with E-state index >= 15 is 0 Å². The largest absolute Gasteiger partial charge is 0.454 e. The maximum Gasteiger partial charge on any atom is 0.338 e. The average molecular weight is 378 g/mol. The average Bonchev–Trinajstić information content (AvgIpc) is 2.98. The predicted molar refractivity (Wildman–Crippen MR) is 90.0 cm³/mol. The molecule has 0 saturated carbocycles. The lowest BCUT2D eigenvalue weighted by Gasteiger charge is -2.07. The number of Topliss-reactive ketones (excluding diaryl/α,β-unsaturated/α-hetero) is 1. The molecule has 1 heterocycles. The molecule has 0 bridgehead atoms. The van der Waals surface area contributed by atoms with Crippen molar-refractivity contribution in [3.05, 3.63) is 45.9 Å². The van der Waals surface area contributed by atoms with E-state index in [0.29, 0.717) is 10.7 Å². The number of hydrogen-bond donors (Lipinski definition) is 0. The number of ether oxygens (including phenoxy) is 1. The van der Waals surface area contributed by atoms with E-state index < -0.39 is 34.1 Å². The molecule has 7 nitrogen and oxygen atoms in total. The molecule has 2 rings (SSSR count). The van der Waals surface area contributed by atoms with Crippen molar-refractivity contribution in [2.75, 3.05) is 12.9 Å². The molecule has 0 radical (unpaired) electrons. The van der Waals surface area contributed by atoms with E-state index in [-0.39, 0.29) is 10.5 Å². The van der Waals surface area contributed by atoms with Crippen LogP contribution in [0.1, 0.15) is 27.0 Å². The number of nitriles is 1. The van der Waals surface area contributed by atoms with Crippen molar-refractivity contribution in [3.8, 4) is 6.07 Å². The molecule has 0 saturated heterocycles. The Labute approximate surface area is 148 Å². The number of esters is 1. The Kier molecular flexibility index (Phi) is 5.66. The van der Waals surface area contributed by atoms with Crippen LogP contribution in [0.15, 0.2) is 34.5 Å². The van der Waals surface area contributed by atoms with Crippen LogP contribution in [0.3, 0.4) is 0 Å². The van der Waals surface area contributed by atoms with E-state index in [4.69, 9.17) is 10.00 Å². The number of sulfone groups is 1. The molecule has 130 valence electrons. The molecular formula is C16H14N2O5S2. The number of rotatable bonds is 6. The maximum atomic E-state index is 12.1. The summed E-state index contributed by atoms with van der Waals surface area (Å²) in [5, 5.41) is 11.2. The lowest BCUT2D eigenvalue weighted by atomic mass is 10.1. The molecule has 9 heteroatoms. The fraction of sp³-hybridized carbons (Fsp3) is 0.250. The lowest BCUT2D eigenvalue weighted by Crippen LogP contribution is -2.20. The number of aryl methyl sites for hydroxylation is 1. The van der Waals surface area contributed by atoms with Gasteiger partial charge in [-0.1, -0.05) is 0 Å². The van der Waals surface area contributed by atoms with Gasteiger partial charge in [0.15, 0.2) is 28.1 Å². The second-order valence-electron chi connectivity index (χ2n) is 5.23. The molecule has 0 aliphatic rings. The summed E-state index contributed by atoms with van der Waals surface area (Å²) in [5.74, 6) is -2.43. The maximum absolute atomic E-state index is 12.1. The highest BCUT2D eigenvalue weighted by Gasteiger charge is 2.24. The topological polar surface area (TPSA) is 114 Å². The Morgan fingerprint density at radius 2 is 1.96 bits per heavy atom. The molecule has 1 atom stereocenters. The first kappa shape index (κ1) is 18.8. The van der Waals surface area contributed by atoms with Gasteiger partial charge in [-0.05, 0) is 31.2 Å². The number of thiazole rings is 1. The molecule has 0 unspecified atom stereocenters. The SMILES string of the molecule is Cc1csc([C@@H](C#N)C(=O)COC(=O)c2ccc(S(C)(=O)=O)cc2)n1. The van der Waals surface area contributed by atoms with Crippen molar-refractivity contribution >= 4 is 32.9 Å². The third-order valence-electron chi connectivity index (χ3n) is 3.20. The molecule has 25 heavy (non-hydrogen) atoms. The zero-order valence-corrected chi connectivity index (χ0v) is 15.1. The predicted octanol–water partition coefficient (Wildman–Crippen LogP) is 1.89. The van der Waals surface area contributed by atoms with Crippen molar-refractivity contribution in [1.29, 1.82) is 5.26 Å². The van der Waals surface area contributed by atoms with Gasteiger partial charge in [0, 0.05) is 17.3 Å². The quantitative estimate of drug-likeness (QED) is 0.705. The third kappa shape index (κ3) is 4.71. The van der Waals surface area contributed by atoms with Crippen LogP contribution in [0.25, 0.3) is 0 Å². The minimum absolute atomic E-state index is 0.0730. The van der Waals surface area contributed by atoms with Crippen molar-refractivity contribution < 1.29 is 22.7 Å². The molecule has 0 amide bonds. The summed E-state index contributed by atoms with van der Waals surface area (Å²) in [6.45, 7) is 1.18. The normalized spacial score (nSPS) is 12.2. The van der Waals surface area contributed by atoms with Gasteiger partial charge in [0.05, 0.1) is 16.5 Å². The van der Waals surface area contributed by atoms with Crippen LogP contribution < -0.4 is 0 Å². The summed E-state index contributed by atoms with van der Waals surface area (Å²) in [6, 6.07) is 7.02. The Morgan fingerprint density at radius 3 is 2.44 bits per heavy atom. The highest BCUT2D eigenvalue weighted by atomic mass is 32.2. The van der Waals surface area contributed by atoms with Crippen LogP contribution in [0, 0.1) is 18.3 Å². The van der Waals surface area contributed by atoms with Crippen LogP contribution in [-0.4, -0.2) is 38.0 Å². The van der Waals surface area contributed by atoms with Gasteiger partial charge < -0.3 is 4.74 Å². The van der Waals surface area contributed by atoms with Crippen LogP contribution in [0.5, 0.6) is 0 Å². The standard InChI is InChI=1S/C16H14N2O5S2/c1-10-9-24-15(18-10)13(7-17)14(19)8-23-16(20)11-3-5-12(6-4-11)25(2,21)22/h3-6,9,13H,8H2,1-2H3/t13-/m0/s1. The first-order valence-electron chi connectivity index (χ1n) is 7.04. The molecule has 0 spiro atoms. The highest BCUT2D eigenvalue weighted by Crippen LogP contribution is 2.21. The van der Waals surface area contributed by atoms with Gasteiger partial charge in [0.1, 0.15) is 5.01 Å². The van der Waals surface area contributed by atoms with Crippen molar-refractivity contribution in [2.24, 2.45) is 0 Å². The monoisotopic (exact) mass is 378 g/mol. The van der Waals surface area contributed by atoms with Gasteiger partial charge in [-0.25, -0.2) is 18.2 Å². The van der Waals surface area contributed by atoms with Gasteiger partial charge in [-0.15, -0.1) is 11.3 Å². The molecule has 0 N–H and O–H groups in total. The van der Waals surface area contributed by atoms with Crippen LogP contribution in [0.2, 0.25) is 0 Å². The van der Waals surface area contributed by atoms with Gasteiger partial charge in [0.25, 0.3) is 0 Å². The van der Waals surface area contributed by atoms with E-state index in [1.54, 1.807) is 12.3 Å². The van der Waals surface area contributed by atoms with E-state index in [9.17, 15) is 18.0 Å². The van der Waals surface area contributed by atoms with Crippen molar-refractivity contribution in [2.45, 2.75) is 17.7 Å². The molecule has 2 aromatic rings. The molecular weight excluding hydrogens is 364 g/mol. The minimum Gasteiger partial charge on any atom is -0.454 e. The lowest BCUT2D eigenvalue weighted by molar-refractivity contribution is -0.122. The number of ketones is 1. The van der Waals surface area contributed by atoms with Gasteiger partial charge in [0.2, 0.25) is 0 Å². The van der Waals surface area contributed by atoms with Gasteiger partial charge in [-0.3, -0.25) is 4.79 Å². The van der Waals surface area contributed by atoms with E-state index in [1.165, 1.54) is 35.6 Å². The highest BCUT2D eigenvalue weighted by molar-refractivity contribution is 7.90. The van der Waals surface area contributed by atoms with Crippen LogP contribution >= 0.6 is 11.3 Å². The number of hydrogen-bond acceptors (Lipinski definition) is 8. The second-order valence-corrected chi connectivity index (χ2v) is 8.13. The number of aromatic nitrogens is 1. The number of nitrogens with zero attached hydrogens (tertiary/aromatic N) is 2. The Bertz CT molecular complexity index is 940. The molecule has 0 aliphatic heterocycles. The van der Waals surface area contributed by atoms with Crippen molar-refractivity contribution in [3.63, 3.8) is 0 Å². The second kappa shape index (κ2) is 7.55. The first-order valence-corrected chi connectivity index (χ1v) is 9.81. The van der Waals surface area contributed by atoms with Crippen LogP contribution in [0.4, 0.5) is 0 Å². The van der Waals surface area contributed by atoms with E-state index in [0.717, 1.165) is 6.26 Å². The molecule has 0 aliphatic carbocycles. The zero-order chi connectivity index (χ0) is 18.6. The minimum atomic E-state index is -3.36. The summed E-state index contributed by atoms with van der Waals surface area (Å²) in [5.41, 5.74) is 0.815. The van der Waals surface area contributed by atoms with Crippen molar-refractivity contribution in [1.82, 2.24) is 4.98 Å². The smallest absolute Gasteiger partial charge is 0.338 e. The van der Waals surface area contributed by atoms with E-state index in [2.05, 4.69) is 4.98 Å². The third-order valence-corrected chi connectivity index (χ3v) is 5.35. The summed E-state index contributed by atoms with van der Waals surface area (Å²) in [6.07, 6.45) is 1.06. The van der Waals surface area contributed by atoms with Gasteiger partial charge >= 0.3 is 5.97 Å². The summed E-state index contributed by atoms with van der Waals surface area (Å²) in [4.78, 5) is 28.2. The number of carbonyl (C=O) groups is 2. The van der Waals surface area contributed by atoms with Gasteiger partial charge in [-0.2, -0.15) is 5.26 Å². The summed E-state index contributed by atoms with van der Waals surface area (Å²) >= 11 is 1.19. The fourth-order valence-corrected chi connectivity index (χ4v) is 3.40. The number of benzene rings is 1. The summed E-state index contributed by atoms with van der Waals surface area (Å²) in [7, 11) is -3.36. The Morgan fingerprint density at radius 1 is 1.32 bits per heavy atom. The Hall–Kier alpha value is -2.57.